The molecule has 4 heterocycles. The molecule has 3 aromatic heterocycles. The van der Waals surface area contributed by atoms with Crippen LogP contribution in [0.2, 0.25) is 0 Å². The van der Waals surface area contributed by atoms with E-state index in [4.69, 9.17) is 9.72 Å². The van der Waals surface area contributed by atoms with Gasteiger partial charge in [-0.15, -0.1) is 30.3 Å². The summed E-state index contributed by atoms with van der Waals surface area (Å²) in [6.45, 7) is 2.08. The second kappa shape index (κ2) is 14.0. The van der Waals surface area contributed by atoms with E-state index in [9.17, 15) is 0 Å². The van der Waals surface area contributed by atoms with Gasteiger partial charge in [0.15, 0.2) is 0 Å². The van der Waals surface area contributed by atoms with Crippen LogP contribution in [0.3, 0.4) is 0 Å². The van der Waals surface area contributed by atoms with Gasteiger partial charge in [-0.2, -0.15) is 6.07 Å². The zero-order chi connectivity index (χ0) is 37.5. The first-order valence-electron chi connectivity index (χ1n) is 20.3. The van der Waals surface area contributed by atoms with Crippen LogP contribution in [0.15, 0.2) is 152 Å². The molecule has 0 unspecified atom stereocenters. The van der Waals surface area contributed by atoms with Crippen molar-refractivity contribution in [2.75, 3.05) is 9.80 Å². The van der Waals surface area contributed by atoms with Crippen molar-refractivity contribution in [3.05, 3.63) is 182 Å². The summed E-state index contributed by atoms with van der Waals surface area (Å²) in [6.07, 6.45) is 12.3. The monoisotopic (exact) mass is 933 g/mol. The standard InChI is InChI=1S/C51H40N5O.Pt/c1-3-11-36(12-4-1)51(38-24-34-23-35(26-38)27-39(51)25-34)37-21-22-53-50(28-37)56-46-16-8-7-15-44(46)45-20-19-42(30-49(45)56)57-43-29-41(31-52-32-43)55-33-54(40-13-5-2-6-14-40)47-17-9-10-18-48(47)55;/h1-22,28,31-35,38-39H,23-27H2;/q-3;. The molecule has 0 saturated heterocycles. The van der Waals surface area contributed by atoms with Crippen LogP contribution in [0, 0.1) is 42.5 Å². The van der Waals surface area contributed by atoms with Crippen LogP contribution in [0.4, 0.5) is 22.7 Å². The van der Waals surface area contributed by atoms with E-state index in [0.29, 0.717) is 23.3 Å². The van der Waals surface area contributed by atoms with Gasteiger partial charge in [0.2, 0.25) is 0 Å². The first-order chi connectivity index (χ1) is 28.2. The molecule has 0 radical (unpaired) electrons. The van der Waals surface area contributed by atoms with Gasteiger partial charge in [-0.05, 0) is 121 Å². The van der Waals surface area contributed by atoms with Crippen molar-refractivity contribution >= 4 is 44.6 Å². The minimum atomic E-state index is -0.0115. The summed E-state index contributed by atoms with van der Waals surface area (Å²) in [5.74, 6) is 5.06. The van der Waals surface area contributed by atoms with E-state index in [1.165, 1.54) is 43.2 Å². The van der Waals surface area contributed by atoms with Crippen LogP contribution in [0.5, 0.6) is 11.5 Å². The van der Waals surface area contributed by atoms with Crippen LogP contribution < -0.4 is 14.5 Å². The number of para-hydroxylation sites is 4. The van der Waals surface area contributed by atoms with E-state index >= 15 is 0 Å². The molecule has 5 aromatic carbocycles. The zero-order valence-corrected chi connectivity index (χ0v) is 34.1. The molecule has 4 bridgehead atoms. The minimum absolute atomic E-state index is 0. The number of anilines is 4. The van der Waals surface area contributed by atoms with Gasteiger partial charge >= 0.3 is 0 Å². The molecule has 0 atom stereocenters. The molecule has 4 saturated carbocycles. The molecular weight excluding hydrogens is 894 g/mol. The predicted octanol–water partition coefficient (Wildman–Crippen LogP) is 12.1. The molecule has 7 heteroatoms. The van der Waals surface area contributed by atoms with Crippen LogP contribution >= 0.6 is 0 Å². The smallest absolute Gasteiger partial charge is 0.135 e. The van der Waals surface area contributed by atoms with E-state index < -0.39 is 0 Å². The molecule has 288 valence electrons. The fraction of sp³-hybridized carbons (Fsp3) is 0.196. The topological polar surface area (TPSA) is 46.4 Å². The summed E-state index contributed by atoms with van der Waals surface area (Å²) in [5.41, 5.74) is 8.89. The molecule has 4 aliphatic carbocycles. The van der Waals surface area contributed by atoms with Crippen molar-refractivity contribution in [3.8, 4) is 17.3 Å². The third-order valence-corrected chi connectivity index (χ3v) is 13.5. The number of pyridine rings is 2. The molecule has 13 rings (SSSR count). The van der Waals surface area contributed by atoms with Gasteiger partial charge < -0.3 is 24.1 Å². The van der Waals surface area contributed by atoms with Gasteiger partial charge in [0.25, 0.3) is 0 Å². The molecule has 0 amide bonds. The van der Waals surface area contributed by atoms with Gasteiger partial charge in [-0.1, -0.05) is 96.3 Å². The van der Waals surface area contributed by atoms with Gasteiger partial charge in [0.05, 0.1) is 0 Å². The van der Waals surface area contributed by atoms with Crippen LogP contribution in [-0.2, 0) is 26.5 Å². The predicted molar refractivity (Wildman–Crippen MR) is 226 cm³/mol. The average Bonchev–Trinajstić information content (AvgIpc) is 3.81. The minimum Gasteiger partial charge on any atom is -0.508 e. The molecule has 58 heavy (non-hydrogen) atoms. The maximum Gasteiger partial charge on any atom is 0.135 e. The van der Waals surface area contributed by atoms with Crippen LogP contribution in [0.1, 0.15) is 43.2 Å². The van der Waals surface area contributed by atoms with Crippen molar-refractivity contribution in [1.82, 2.24) is 14.5 Å². The fourth-order valence-corrected chi connectivity index (χ4v) is 11.5. The summed E-state index contributed by atoms with van der Waals surface area (Å²) < 4.78 is 8.85. The van der Waals surface area contributed by atoms with E-state index in [1.54, 1.807) is 6.20 Å². The Hall–Kier alpha value is -5.71. The average molecular weight is 934 g/mol. The van der Waals surface area contributed by atoms with Gasteiger partial charge in [-0.25, -0.2) is 4.98 Å². The Morgan fingerprint density at radius 3 is 2.09 bits per heavy atom. The summed E-state index contributed by atoms with van der Waals surface area (Å²) in [4.78, 5) is 14.0. The van der Waals surface area contributed by atoms with Crippen LogP contribution in [0.25, 0.3) is 27.6 Å². The Kier molecular flexibility index (Phi) is 8.55. The van der Waals surface area contributed by atoms with E-state index in [-0.39, 0.29) is 26.5 Å². The van der Waals surface area contributed by atoms with E-state index in [2.05, 4.69) is 159 Å². The van der Waals surface area contributed by atoms with E-state index in [1.807, 2.05) is 24.5 Å². The third-order valence-electron chi connectivity index (χ3n) is 13.5. The Balaban J connectivity index is 0.00000385. The molecule has 5 aliphatic rings. The Labute approximate surface area is 353 Å². The largest absolute Gasteiger partial charge is 0.508 e. The summed E-state index contributed by atoms with van der Waals surface area (Å²) in [6, 6.07) is 54.8. The quantitative estimate of drug-likeness (QED) is 0.149. The fourth-order valence-electron chi connectivity index (χ4n) is 11.5. The first kappa shape index (κ1) is 35.5. The van der Waals surface area contributed by atoms with Crippen molar-refractivity contribution in [1.29, 1.82) is 0 Å². The molecule has 0 N–H and O–H groups in total. The molecule has 8 aromatic rings. The van der Waals surface area contributed by atoms with Crippen molar-refractivity contribution in [3.63, 3.8) is 0 Å². The number of aromatic nitrogens is 3. The molecular formula is C51H40N5OPt-3. The Morgan fingerprint density at radius 1 is 0.621 bits per heavy atom. The molecule has 6 nitrogen and oxygen atoms in total. The van der Waals surface area contributed by atoms with E-state index in [0.717, 1.165) is 62.2 Å². The molecule has 4 fully saturated rings. The first-order valence-corrected chi connectivity index (χ1v) is 20.3. The van der Waals surface area contributed by atoms with Crippen LogP contribution in [-0.4, -0.2) is 14.5 Å². The number of fused-ring (bicyclic) bond motifs is 4. The Bertz CT molecular complexity index is 2770. The van der Waals surface area contributed by atoms with Crippen molar-refractivity contribution in [2.45, 2.75) is 37.5 Å². The van der Waals surface area contributed by atoms with Gasteiger partial charge in [-0.3, -0.25) is 0 Å². The summed E-state index contributed by atoms with van der Waals surface area (Å²) in [7, 11) is 0. The zero-order valence-electron chi connectivity index (χ0n) is 31.8. The maximum absolute atomic E-state index is 6.57. The number of ether oxygens (including phenoxy) is 1. The molecule has 1 aliphatic heterocycles. The van der Waals surface area contributed by atoms with Crippen molar-refractivity contribution in [2.24, 2.45) is 23.7 Å². The van der Waals surface area contributed by atoms with Gasteiger partial charge in [0, 0.05) is 66.8 Å². The number of hydrogen-bond donors (Lipinski definition) is 0. The summed E-state index contributed by atoms with van der Waals surface area (Å²) >= 11 is 0. The Morgan fingerprint density at radius 2 is 1.31 bits per heavy atom. The molecule has 0 spiro atoms. The number of rotatable bonds is 7. The third kappa shape index (κ3) is 5.48. The second-order valence-corrected chi connectivity index (χ2v) is 16.4. The SMILES string of the molecule is [Pt].[c-]1c(Oc2[c-]c3c(cc2)c2ccccc2n3-c2cc(C3(c4ccccc4)C4CC5CC(C4)CC3C5)ccn2)cncc1N1[CH-]N(c2ccccc2)c2ccccc21. The number of benzene rings is 5. The second-order valence-electron chi connectivity index (χ2n) is 16.4. The normalized spacial score (nSPS) is 23.0. The number of hydrogen-bond acceptors (Lipinski definition) is 5. The van der Waals surface area contributed by atoms with Gasteiger partial charge in [0.1, 0.15) is 5.82 Å². The summed E-state index contributed by atoms with van der Waals surface area (Å²) in [5, 5.41) is 2.27. The van der Waals surface area contributed by atoms with Crippen molar-refractivity contribution < 1.29 is 25.8 Å². The maximum atomic E-state index is 6.57. The number of nitrogens with zero attached hydrogens (tertiary/aromatic N) is 5.